The molecule has 13 heavy (non-hydrogen) atoms. The Morgan fingerprint density at radius 1 is 1.46 bits per heavy atom. The molecule has 1 heterocycles. The van der Waals surface area contributed by atoms with Crippen molar-refractivity contribution in [3.05, 3.63) is 12.3 Å². The minimum atomic E-state index is 0.226. The Morgan fingerprint density at radius 2 is 2.08 bits per heavy atom. The van der Waals surface area contributed by atoms with E-state index in [1.165, 1.54) is 12.1 Å². The van der Waals surface area contributed by atoms with Crippen LogP contribution in [0.1, 0.15) is 33.6 Å². The Kier molecular flexibility index (Phi) is 3.01. The lowest BCUT2D eigenvalue weighted by Gasteiger charge is -2.37. The number of nitrogens with zero attached hydrogens (tertiary/aromatic N) is 1. The summed E-state index contributed by atoms with van der Waals surface area (Å²) < 4.78 is 0. The largest absolute Gasteiger partial charge is 0.377 e. The minimum absolute atomic E-state index is 0.226. The molecule has 0 bridgehead atoms. The molecule has 0 aromatic carbocycles. The van der Waals surface area contributed by atoms with Crippen LogP contribution >= 0.6 is 0 Å². The monoisotopic (exact) mass is 182 g/mol. The van der Waals surface area contributed by atoms with Crippen molar-refractivity contribution < 1.29 is 0 Å². The third kappa shape index (κ3) is 3.39. The molecule has 1 N–H and O–H groups in total. The molecule has 1 aliphatic rings. The molecule has 0 unspecified atom stereocenters. The van der Waals surface area contributed by atoms with Crippen LogP contribution < -0.4 is 5.32 Å². The van der Waals surface area contributed by atoms with Crippen LogP contribution in [-0.4, -0.2) is 30.1 Å². The number of piperidine rings is 1. The van der Waals surface area contributed by atoms with Gasteiger partial charge in [-0.1, -0.05) is 6.58 Å². The van der Waals surface area contributed by atoms with E-state index in [0.717, 1.165) is 13.0 Å². The van der Waals surface area contributed by atoms with E-state index in [1.54, 1.807) is 0 Å². The average Bonchev–Trinajstić information content (AvgIpc) is 1.94. The number of hydrogen-bond acceptors (Lipinski definition) is 2. The fraction of sp³-hybridized carbons (Fsp3) is 0.818. The molecule has 2 nitrogen and oxygen atoms in total. The van der Waals surface area contributed by atoms with Gasteiger partial charge in [-0.2, -0.15) is 0 Å². The Balaban J connectivity index is 2.42. The van der Waals surface area contributed by atoms with Crippen molar-refractivity contribution in [2.45, 2.75) is 45.2 Å². The molecule has 0 radical (unpaired) electrons. The van der Waals surface area contributed by atoms with Gasteiger partial charge >= 0.3 is 0 Å². The summed E-state index contributed by atoms with van der Waals surface area (Å²) in [6, 6.07) is 0.621. The summed E-state index contributed by atoms with van der Waals surface area (Å²) in [5, 5.41) is 3.63. The van der Waals surface area contributed by atoms with Crippen molar-refractivity contribution in [3.63, 3.8) is 0 Å². The number of allylic oxidation sites excluding steroid dienone is 1. The van der Waals surface area contributed by atoms with Crippen LogP contribution in [-0.2, 0) is 0 Å². The quantitative estimate of drug-likeness (QED) is 0.667. The minimum Gasteiger partial charge on any atom is -0.377 e. The van der Waals surface area contributed by atoms with Crippen molar-refractivity contribution >= 4 is 0 Å². The molecule has 1 aliphatic heterocycles. The maximum atomic E-state index is 4.02. The molecule has 1 saturated heterocycles. The van der Waals surface area contributed by atoms with Gasteiger partial charge in [0.05, 0.1) is 0 Å². The van der Waals surface area contributed by atoms with E-state index < -0.39 is 0 Å². The van der Waals surface area contributed by atoms with Crippen molar-refractivity contribution in [1.29, 1.82) is 0 Å². The summed E-state index contributed by atoms with van der Waals surface area (Å²) in [5.41, 5.74) is 1.50. The Hall–Kier alpha value is -0.500. The van der Waals surface area contributed by atoms with Crippen molar-refractivity contribution in [2.24, 2.45) is 0 Å². The molecular weight excluding hydrogens is 160 g/mol. The molecule has 0 saturated carbocycles. The Bertz CT molecular complexity index is 191. The molecule has 0 aromatic rings. The molecule has 1 atom stereocenters. The maximum Gasteiger partial charge on any atom is 0.0325 e. The van der Waals surface area contributed by atoms with Crippen LogP contribution in [0.25, 0.3) is 0 Å². The average molecular weight is 182 g/mol. The first-order chi connectivity index (χ1) is 5.88. The number of nitrogens with one attached hydrogen (secondary N) is 1. The number of hydrogen-bond donors (Lipinski definition) is 1. The molecule has 0 aromatic heterocycles. The molecule has 76 valence electrons. The predicted molar refractivity (Wildman–Crippen MR) is 57.7 cm³/mol. The second-order valence-corrected chi connectivity index (χ2v) is 5.08. The van der Waals surface area contributed by atoms with E-state index in [1.807, 2.05) is 0 Å². The van der Waals surface area contributed by atoms with Gasteiger partial charge in [0.1, 0.15) is 0 Å². The molecule has 1 rings (SSSR count). The highest BCUT2D eigenvalue weighted by atomic mass is 15.2. The van der Waals surface area contributed by atoms with Crippen LogP contribution in [0.2, 0.25) is 0 Å². The zero-order valence-electron chi connectivity index (χ0n) is 9.35. The van der Waals surface area contributed by atoms with E-state index in [9.17, 15) is 0 Å². The van der Waals surface area contributed by atoms with Gasteiger partial charge in [0, 0.05) is 30.9 Å². The maximum absolute atomic E-state index is 4.02. The molecule has 0 aliphatic carbocycles. The second-order valence-electron chi connectivity index (χ2n) is 5.08. The SMILES string of the molecule is C=C1CC[C@@H](NC(C)(C)C)CN1C. The first-order valence-electron chi connectivity index (χ1n) is 5.05. The van der Waals surface area contributed by atoms with Gasteiger partial charge < -0.3 is 10.2 Å². The molecule has 2 heteroatoms. The van der Waals surface area contributed by atoms with Gasteiger partial charge in [-0.05, 0) is 33.6 Å². The lowest BCUT2D eigenvalue weighted by Crippen LogP contribution is -2.50. The molecular formula is C11H22N2. The van der Waals surface area contributed by atoms with E-state index >= 15 is 0 Å². The predicted octanol–water partition coefficient (Wildman–Crippen LogP) is 1.98. The lowest BCUT2D eigenvalue weighted by molar-refractivity contribution is 0.242. The summed E-state index contributed by atoms with van der Waals surface area (Å²) in [6.45, 7) is 11.8. The van der Waals surface area contributed by atoms with Gasteiger partial charge in [-0.3, -0.25) is 0 Å². The van der Waals surface area contributed by atoms with Gasteiger partial charge in [0.25, 0.3) is 0 Å². The van der Waals surface area contributed by atoms with Crippen LogP contribution in [0.4, 0.5) is 0 Å². The van der Waals surface area contributed by atoms with Crippen molar-refractivity contribution in [3.8, 4) is 0 Å². The molecule has 1 fully saturated rings. The first kappa shape index (κ1) is 10.6. The number of rotatable bonds is 1. The van der Waals surface area contributed by atoms with Gasteiger partial charge in [0.15, 0.2) is 0 Å². The summed E-state index contributed by atoms with van der Waals surface area (Å²) >= 11 is 0. The highest BCUT2D eigenvalue weighted by Crippen LogP contribution is 2.18. The highest BCUT2D eigenvalue weighted by Gasteiger charge is 2.22. The van der Waals surface area contributed by atoms with Crippen LogP contribution in [0.5, 0.6) is 0 Å². The Morgan fingerprint density at radius 3 is 2.54 bits per heavy atom. The molecule has 0 spiro atoms. The fourth-order valence-corrected chi connectivity index (χ4v) is 1.81. The first-order valence-corrected chi connectivity index (χ1v) is 5.05. The highest BCUT2D eigenvalue weighted by molar-refractivity contribution is 5.00. The van der Waals surface area contributed by atoms with Gasteiger partial charge in [-0.25, -0.2) is 0 Å². The normalized spacial score (nSPS) is 25.1. The summed E-state index contributed by atoms with van der Waals surface area (Å²) in [5.74, 6) is 0. The third-order valence-corrected chi connectivity index (χ3v) is 2.45. The van der Waals surface area contributed by atoms with E-state index in [4.69, 9.17) is 0 Å². The van der Waals surface area contributed by atoms with Gasteiger partial charge in [0.2, 0.25) is 0 Å². The van der Waals surface area contributed by atoms with Crippen LogP contribution in [0.3, 0.4) is 0 Å². The summed E-state index contributed by atoms with van der Waals surface area (Å²) in [4.78, 5) is 2.26. The lowest BCUT2D eigenvalue weighted by atomic mass is 10.00. The third-order valence-electron chi connectivity index (χ3n) is 2.45. The topological polar surface area (TPSA) is 15.3 Å². The van der Waals surface area contributed by atoms with E-state index in [-0.39, 0.29) is 5.54 Å². The van der Waals surface area contributed by atoms with E-state index in [0.29, 0.717) is 6.04 Å². The van der Waals surface area contributed by atoms with Crippen LogP contribution in [0.15, 0.2) is 12.3 Å². The fourth-order valence-electron chi connectivity index (χ4n) is 1.81. The number of likely N-dealkylation sites (N-methyl/N-ethyl adjacent to an activating group) is 1. The molecule has 0 amide bonds. The zero-order valence-corrected chi connectivity index (χ0v) is 9.35. The van der Waals surface area contributed by atoms with E-state index in [2.05, 4.69) is 44.6 Å². The number of likely N-dealkylation sites (tertiary alicyclic amines) is 1. The zero-order chi connectivity index (χ0) is 10.1. The van der Waals surface area contributed by atoms with Crippen molar-refractivity contribution in [2.75, 3.05) is 13.6 Å². The standard InChI is InChI=1S/C11H22N2/c1-9-6-7-10(8-13(9)5)12-11(2,3)4/h10,12H,1,6-8H2,2-5H3/t10-/m1/s1. The second kappa shape index (κ2) is 3.70. The van der Waals surface area contributed by atoms with Crippen LogP contribution in [0, 0.1) is 0 Å². The summed E-state index contributed by atoms with van der Waals surface area (Å²) in [6.07, 6.45) is 2.35. The van der Waals surface area contributed by atoms with Gasteiger partial charge in [-0.15, -0.1) is 0 Å². The smallest absolute Gasteiger partial charge is 0.0325 e. The van der Waals surface area contributed by atoms with Crippen molar-refractivity contribution in [1.82, 2.24) is 10.2 Å². The summed E-state index contributed by atoms with van der Waals surface area (Å²) in [7, 11) is 2.12. The Labute approximate surface area is 82.0 Å².